The minimum absolute atomic E-state index is 0.135. The molecule has 0 aliphatic rings. The number of halogens is 2. The number of hydrogen-bond donors (Lipinski definition) is 2. The van der Waals surface area contributed by atoms with Crippen molar-refractivity contribution in [3.63, 3.8) is 0 Å². The van der Waals surface area contributed by atoms with Gasteiger partial charge in [-0.15, -0.1) is 0 Å². The maximum Gasteiger partial charge on any atom is 0.263 e. The molecule has 0 bridgehead atoms. The quantitative estimate of drug-likeness (QED) is 0.827. The molecule has 0 amide bonds. The molecule has 7 heteroatoms. The van der Waals surface area contributed by atoms with Crippen molar-refractivity contribution in [3.8, 4) is 0 Å². The van der Waals surface area contributed by atoms with Crippen LogP contribution in [0.1, 0.15) is 5.56 Å². The Morgan fingerprint density at radius 2 is 1.90 bits per heavy atom. The Bertz CT molecular complexity index is 743. The molecule has 2 aromatic carbocycles. The van der Waals surface area contributed by atoms with Gasteiger partial charge in [0.05, 0.1) is 11.4 Å². The van der Waals surface area contributed by atoms with Crippen LogP contribution in [0.25, 0.3) is 0 Å². The molecule has 0 spiro atoms. The molecule has 0 heterocycles. The number of rotatable bonds is 3. The second kappa shape index (κ2) is 5.41. The predicted molar refractivity (Wildman–Crippen MR) is 80.5 cm³/mol. The Hall–Kier alpha value is -1.60. The van der Waals surface area contributed by atoms with Gasteiger partial charge in [0.2, 0.25) is 0 Å². The lowest BCUT2D eigenvalue weighted by molar-refractivity contribution is 0.600. The monoisotopic (exact) mass is 358 g/mol. The predicted octanol–water partition coefficient (Wildman–Crippen LogP) is 3.28. The van der Waals surface area contributed by atoms with E-state index in [1.807, 2.05) is 13.0 Å². The van der Waals surface area contributed by atoms with Crippen LogP contribution >= 0.6 is 15.9 Å². The fraction of sp³-hybridized carbons (Fsp3) is 0.0769. The fourth-order valence-electron chi connectivity index (χ4n) is 1.77. The summed E-state index contributed by atoms with van der Waals surface area (Å²) in [5.41, 5.74) is 6.71. The smallest absolute Gasteiger partial charge is 0.263 e. The van der Waals surface area contributed by atoms with Gasteiger partial charge in [-0.05, 0) is 48.9 Å². The SMILES string of the molecule is Cc1cc(Br)cc(NS(=O)(=O)c2ccc(F)cc2N)c1. The summed E-state index contributed by atoms with van der Waals surface area (Å²) in [6, 6.07) is 8.33. The van der Waals surface area contributed by atoms with Crippen LogP contribution < -0.4 is 10.5 Å². The van der Waals surface area contributed by atoms with Crippen molar-refractivity contribution in [3.05, 3.63) is 52.3 Å². The Morgan fingerprint density at radius 3 is 2.50 bits per heavy atom. The van der Waals surface area contributed by atoms with Gasteiger partial charge in [0, 0.05) is 4.47 Å². The zero-order valence-electron chi connectivity index (χ0n) is 10.5. The van der Waals surface area contributed by atoms with Gasteiger partial charge in [0.15, 0.2) is 0 Å². The number of hydrogen-bond acceptors (Lipinski definition) is 3. The fourth-order valence-corrected chi connectivity index (χ4v) is 3.53. The molecule has 0 saturated heterocycles. The van der Waals surface area contributed by atoms with Crippen LogP contribution in [-0.2, 0) is 10.0 Å². The highest BCUT2D eigenvalue weighted by molar-refractivity contribution is 9.10. The van der Waals surface area contributed by atoms with Gasteiger partial charge in [-0.2, -0.15) is 0 Å². The van der Waals surface area contributed by atoms with Gasteiger partial charge >= 0.3 is 0 Å². The van der Waals surface area contributed by atoms with Crippen LogP contribution in [0.3, 0.4) is 0 Å². The zero-order valence-corrected chi connectivity index (χ0v) is 12.9. The maximum atomic E-state index is 13.0. The Kier molecular flexibility index (Phi) is 4.01. The topological polar surface area (TPSA) is 72.2 Å². The highest BCUT2D eigenvalue weighted by Gasteiger charge is 2.18. The number of nitrogens with one attached hydrogen (secondary N) is 1. The molecule has 0 aliphatic heterocycles. The highest BCUT2D eigenvalue weighted by atomic mass is 79.9. The summed E-state index contributed by atoms with van der Waals surface area (Å²) >= 11 is 3.29. The molecular formula is C13H12BrFN2O2S. The summed E-state index contributed by atoms with van der Waals surface area (Å²) in [5, 5.41) is 0. The first-order valence-corrected chi connectivity index (χ1v) is 7.90. The van der Waals surface area contributed by atoms with E-state index in [2.05, 4.69) is 20.7 Å². The van der Waals surface area contributed by atoms with Gasteiger partial charge in [-0.1, -0.05) is 15.9 Å². The molecule has 2 rings (SSSR count). The standard InChI is InChI=1S/C13H12BrFN2O2S/c1-8-4-9(14)6-11(5-8)17-20(18,19)13-3-2-10(15)7-12(13)16/h2-7,17H,16H2,1H3. The molecule has 4 nitrogen and oxygen atoms in total. The van der Waals surface area contributed by atoms with Crippen LogP contribution in [0.15, 0.2) is 45.8 Å². The number of sulfonamides is 1. The van der Waals surface area contributed by atoms with Crippen LogP contribution in [0, 0.1) is 12.7 Å². The van der Waals surface area contributed by atoms with Crippen molar-refractivity contribution in [1.29, 1.82) is 0 Å². The van der Waals surface area contributed by atoms with Crippen LogP contribution in [-0.4, -0.2) is 8.42 Å². The minimum Gasteiger partial charge on any atom is -0.398 e. The van der Waals surface area contributed by atoms with Crippen molar-refractivity contribution in [2.24, 2.45) is 0 Å². The summed E-state index contributed by atoms with van der Waals surface area (Å²) in [6.45, 7) is 1.84. The third-order valence-corrected chi connectivity index (χ3v) is 4.47. The van der Waals surface area contributed by atoms with Crippen LogP contribution in [0.4, 0.5) is 15.8 Å². The molecule has 2 aromatic rings. The van der Waals surface area contributed by atoms with E-state index in [-0.39, 0.29) is 10.6 Å². The molecule has 0 unspecified atom stereocenters. The molecule has 0 fully saturated rings. The third-order valence-electron chi connectivity index (χ3n) is 2.56. The summed E-state index contributed by atoms with van der Waals surface area (Å²) in [6.07, 6.45) is 0. The van der Waals surface area contributed by atoms with E-state index in [0.29, 0.717) is 5.69 Å². The number of aryl methyl sites for hydroxylation is 1. The van der Waals surface area contributed by atoms with E-state index in [1.54, 1.807) is 12.1 Å². The van der Waals surface area contributed by atoms with Gasteiger partial charge in [-0.25, -0.2) is 12.8 Å². The first kappa shape index (κ1) is 14.8. The van der Waals surface area contributed by atoms with E-state index in [4.69, 9.17) is 5.73 Å². The zero-order chi connectivity index (χ0) is 14.9. The number of nitrogens with two attached hydrogens (primary N) is 1. The normalized spacial score (nSPS) is 11.3. The van der Waals surface area contributed by atoms with Crippen LogP contribution in [0.2, 0.25) is 0 Å². The van der Waals surface area contributed by atoms with E-state index in [0.717, 1.165) is 28.2 Å². The highest BCUT2D eigenvalue weighted by Crippen LogP contribution is 2.25. The maximum absolute atomic E-state index is 13.0. The lowest BCUT2D eigenvalue weighted by Crippen LogP contribution is -2.15. The second-order valence-electron chi connectivity index (χ2n) is 4.30. The summed E-state index contributed by atoms with van der Waals surface area (Å²) in [4.78, 5) is -0.156. The van der Waals surface area contributed by atoms with Crippen molar-refractivity contribution >= 4 is 37.3 Å². The number of benzene rings is 2. The summed E-state index contributed by atoms with van der Waals surface area (Å²) in [7, 11) is -3.86. The van der Waals surface area contributed by atoms with E-state index >= 15 is 0 Å². The molecule has 20 heavy (non-hydrogen) atoms. The molecular weight excluding hydrogens is 347 g/mol. The number of nitrogen functional groups attached to an aromatic ring is 1. The third kappa shape index (κ3) is 3.29. The Balaban J connectivity index is 2.40. The Morgan fingerprint density at radius 1 is 1.20 bits per heavy atom. The van der Waals surface area contributed by atoms with E-state index in [1.165, 1.54) is 0 Å². The molecule has 0 saturated carbocycles. The average molecular weight is 359 g/mol. The molecule has 0 aromatic heterocycles. The van der Waals surface area contributed by atoms with Crippen LogP contribution in [0.5, 0.6) is 0 Å². The van der Waals surface area contributed by atoms with Crippen molar-refractivity contribution in [2.45, 2.75) is 11.8 Å². The molecule has 0 radical (unpaired) electrons. The average Bonchev–Trinajstić information content (AvgIpc) is 2.25. The van der Waals surface area contributed by atoms with Gasteiger partial charge in [-0.3, -0.25) is 4.72 Å². The van der Waals surface area contributed by atoms with E-state index < -0.39 is 15.8 Å². The minimum atomic E-state index is -3.86. The lowest BCUT2D eigenvalue weighted by atomic mass is 10.2. The van der Waals surface area contributed by atoms with Crippen molar-refractivity contribution in [2.75, 3.05) is 10.5 Å². The van der Waals surface area contributed by atoms with Gasteiger partial charge in [0.1, 0.15) is 10.7 Å². The van der Waals surface area contributed by atoms with Gasteiger partial charge < -0.3 is 5.73 Å². The number of anilines is 2. The summed E-state index contributed by atoms with van der Waals surface area (Å²) in [5.74, 6) is -0.584. The van der Waals surface area contributed by atoms with Gasteiger partial charge in [0.25, 0.3) is 10.0 Å². The second-order valence-corrected chi connectivity index (χ2v) is 6.87. The Labute approximate surface area is 125 Å². The van der Waals surface area contributed by atoms with Crippen molar-refractivity contribution < 1.29 is 12.8 Å². The molecule has 0 atom stereocenters. The lowest BCUT2D eigenvalue weighted by Gasteiger charge is -2.11. The first-order valence-electron chi connectivity index (χ1n) is 5.63. The largest absolute Gasteiger partial charge is 0.398 e. The first-order chi connectivity index (χ1) is 9.28. The summed E-state index contributed by atoms with van der Waals surface area (Å²) < 4.78 is 40.6. The van der Waals surface area contributed by atoms with Crippen molar-refractivity contribution in [1.82, 2.24) is 0 Å². The molecule has 0 aliphatic carbocycles. The van der Waals surface area contributed by atoms with E-state index in [9.17, 15) is 12.8 Å². The molecule has 3 N–H and O–H groups in total. The molecule has 106 valence electrons.